The fourth-order valence-electron chi connectivity index (χ4n) is 1.38. The summed E-state index contributed by atoms with van der Waals surface area (Å²) in [5.41, 5.74) is 0.977. The van der Waals surface area contributed by atoms with Crippen molar-refractivity contribution in [3.63, 3.8) is 0 Å². The van der Waals surface area contributed by atoms with Crippen molar-refractivity contribution in [1.29, 1.82) is 0 Å². The van der Waals surface area contributed by atoms with Crippen molar-refractivity contribution < 1.29 is 0 Å². The van der Waals surface area contributed by atoms with Crippen LogP contribution in [0, 0.1) is 0 Å². The van der Waals surface area contributed by atoms with E-state index in [1.165, 1.54) is 12.8 Å². The van der Waals surface area contributed by atoms with Gasteiger partial charge in [-0.15, -0.1) is 10.2 Å². The lowest BCUT2D eigenvalue weighted by molar-refractivity contribution is 0.679. The third-order valence-electron chi connectivity index (χ3n) is 2.42. The lowest BCUT2D eigenvalue weighted by atomic mass is 10.3. The Balaban J connectivity index is 1.71. The molecule has 6 heteroatoms. The molecule has 0 atom stereocenters. The highest BCUT2D eigenvalue weighted by Crippen LogP contribution is 2.23. The van der Waals surface area contributed by atoms with E-state index in [1.807, 2.05) is 6.07 Å². The number of hydrogen-bond donors (Lipinski definition) is 1. The quantitative estimate of drug-likeness (QED) is 0.861. The number of nitrogens with zero attached hydrogens (tertiary/aromatic N) is 4. The van der Waals surface area contributed by atoms with Gasteiger partial charge >= 0.3 is 0 Å². The number of nitrogens with one attached hydrogen (secondary N) is 1. The van der Waals surface area contributed by atoms with Crippen LogP contribution in [-0.2, 0) is 6.54 Å². The first-order chi connectivity index (χ1) is 7.92. The molecule has 2 aromatic rings. The first-order valence-corrected chi connectivity index (χ1v) is 6.06. The SMILES string of the molecule is c1cc(-c2nnc(CNC3CC3)s2)cnn1. The van der Waals surface area contributed by atoms with Gasteiger partial charge < -0.3 is 5.32 Å². The predicted molar refractivity (Wildman–Crippen MR) is 60.8 cm³/mol. The summed E-state index contributed by atoms with van der Waals surface area (Å²) in [6.45, 7) is 0.820. The van der Waals surface area contributed by atoms with Crippen LogP contribution in [0.4, 0.5) is 0 Å². The average Bonchev–Trinajstić information content (AvgIpc) is 3.05. The van der Waals surface area contributed by atoms with Gasteiger partial charge in [0.25, 0.3) is 0 Å². The van der Waals surface area contributed by atoms with Gasteiger partial charge in [-0.25, -0.2) is 0 Å². The molecule has 0 aromatic carbocycles. The summed E-state index contributed by atoms with van der Waals surface area (Å²) < 4.78 is 0. The molecule has 0 spiro atoms. The Hall–Kier alpha value is -1.40. The highest BCUT2D eigenvalue weighted by molar-refractivity contribution is 7.14. The molecule has 16 heavy (non-hydrogen) atoms. The van der Waals surface area contributed by atoms with Crippen LogP contribution in [0.25, 0.3) is 10.6 Å². The molecule has 1 aliphatic carbocycles. The Kier molecular flexibility index (Phi) is 2.59. The Morgan fingerprint density at radius 3 is 3.00 bits per heavy atom. The monoisotopic (exact) mass is 233 g/mol. The van der Waals surface area contributed by atoms with Gasteiger partial charge in [0.15, 0.2) is 0 Å². The molecule has 1 fully saturated rings. The molecule has 0 bridgehead atoms. The van der Waals surface area contributed by atoms with Crippen molar-refractivity contribution in [2.45, 2.75) is 25.4 Å². The summed E-state index contributed by atoms with van der Waals surface area (Å²) in [5.74, 6) is 0. The second-order valence-corrected chi connectivity index (χ2v) is 4.85. The van der Waals surface area contributed by atoms with E-state index in [4.69, 9.17) is 0 Å². The molecule has 0 amide bonds. The lowest BCUT2D eigenvalue weighted by Crippen LogP contribution is -2.14. The molecule has 3 rings (SSSR count). The summed E-state index contributed by atoms with van der Waals surface area (Å²) in [7, 11) is 0. The van der Waals surface area contributed by atoms with Gasteiger partial charge in [-0.3, -0.25) is 0 Å². The highest BCUT2D eigenvalue weighted by Gasteiger charge is 2.20. The minimum absolute atomic E-state index is 0.704. The molecule has 1 aliphatic rings. The van der Waals surface area contributed by atoms with E-state index in [9.17, 15) is 0 Å². The average molecular weight is 233 g/mol. The molecule has 2 aromatic heterocycles. The fraction of sp³-hybridized carbons (Fsp3) is 0.400. The van der Waals surface area contributed by atoms with E-state index >= 15 is 0 Å². The van der Waals surface area contributed by atoms with Crippen LogP contribution in [-0.4, -0.2) is 26.4 Å². The molecule has 0 unspecified atom stereocenters. The van der Waals surface area contributed by atoms with Gasteiger partial charge in [-0.2, -0.15) is 10.2 Å². The van der Waals surface area contributed by atoms with E-state index < -0.39 is 0 Å². The normalized spacial score (nSPS) is 15.2. The third kappa shape index (κ3) is 2.23. The molecule has 0 saturated heterocycles. The van der Waals surface area contributed by atoms with Crippen LogP contribution in [0.15, 0.2) is 18.5 Å². The van der Waals surface area contributed by atoms with E-state index in [-0.39, 0.29) is 0 Å². The molecule has 0 aliphatic heterocycles. The van der Waals surface area contributed by atoms with Gasteiger partial charge in [0.05, 0.1) is 12.4 Å². The summed E-state index contributed by atoms with van der Waals surface area (Å²) >= 11 is 1.60. The van der Waals surface area contributed by atoms with Crippen LogP contribution in [0.5, 0.6) is 0 Å². The minimum Gasteiger partial charge on any atom is -0.308 e. The predicted octanol–water partition coefficient (Wildman–Crippen LogP) is 1.25. The van der Waals surface area contributed by atoms with E-state index in [0.29, 0.717) is 6.04 Å². The van der Waals surface area contributed by atoms with Crippen LogP contribution in [0.2, 0.25) is 0 Å². The summed E-state index contributed by atoms with van der Waals surface area (Å²) in [6.07, 6.45) is 5.96. The van der Waals surface area contributed by atoms with Gasteiger partial charge in [-0.1, -0.05) is 11.3 Å². The molecule has 0 radical (unpaired) electrons. The zero-order valence-corrected chi connectivity index (χ0v) is 9.44. The van der Waals surface area contributed by atoms with E-state index in [2.05, 4.69) is 25.7 Å². The highest BCUT2D eigenvalue weighted by atomic mass is 32.1. The first kappa shape index (κ1) is 9.80. The van der Waals surface area contributed by atoms with Gasteiger partial charge in [0.2, 0.25) is 0 Å². The van der Waals surface area contributed by atoms with Crippen molar-refractivity contribution in [3.05, 3.63) is 23.5 Å². The van der Waals surface area contributed by atoms with E-state index in [0.717, 1.165) is 22.1 Å². The zero-order valence-electron chi connectivity index (χ0n) is 8.63. The lowest BCUT2D eigenvalue weighted by Gasteiger charge is -1.95. The van der Waals surface area contributed by atoms with Gasteiger partial charge in [-0.05, 0) is 18.9 Å². The molecular weight excluding hydrogens is 222 g/mol. The zero-order chi connectivity index (χ0) is 10.8. The molecule has 82 valence electrons. The Morgan fingerprint density at radius 2 is 2.25 bits per heavy atom. The van der Waals surface area contributed by atoms with Crippen molar-refractivity contribution in [2.24, 2.45) is 0 Å². The fourth-order valence-corrected chi connectivity index (χ4v) is 2.16. The minimum atomic E-state index is 0.704. The number of aromatic nitrogens is 4. The second kappa shape index (κ2) is 4.23. The first-order valence-electron chi connectivity index (χ1n) is 5.24. The van der Waals surface area contributed by atoms with Crippen LogP contribution in [0.1, 0.15) is 17.8 Å². The molecular formula is C10H11N5S. The van der Waals surface area contributed by atoms with E-state index in [1.54, 1.807) is 23.7 Å². The van der Waals surface area contributed by atoms with Crippen molar-refractivity contribution in [3.8, 4) is 10.6 Å². The van der Waals surface area contributed by atoms with Crippen LogP contribution >= 0.6 is 11.3 Å². The number of rotatable bonds is 4. The Labute approximate surface area is 96.9 Å². The summed E-state index contributed by atoms with van der Waals surface area (Å²) in [6, 6.07) is 2.60. The van der Waals surface area contributed by atoms with Crippen molar-refractivity contribution in [1.82, 2.24) is 25.7 Å². The summed E-state index contributed by atoms with van der Waals surface area (Å²) in [5, 5.41) is 21.2. The van der Waals surface area contributed by atoms with Crippen molar-refractivity contribution >= 4 is 11.3 Å². The molecule has 1 saturated carbocycles. The standard InChI is InChI=1S/C10H11N5S/c1-2-8(1)11-6-9-14-15-10(16-9)7-3-4-12-13-5-7/h3-5,8,11H,1-2,6H2. The third-order valence-corrected chi connectivity index (χ3v) is 3.39. The molecule has 5 nitrogen and oxygen atoms in total. The topological polar surface area (TPSA) is 63.6 Å². The molecule has 2 heterocycles. The largest absolute Gasteiger partial charge is 0.308 e. The summed E-state index contributed by atoms with van der Waals surface area (Å²) in [4.78, 5) is 0. The number of hydrogen-bond acceptors (Lipinski definition) is 6. The molecule has 1 N–H and O–H groups in total. The smallest absolute Gasteiger partial charge is 0.149 e. The van der Waals surface area contributed by atoms with Crippen molar-refractivity contribution in [2.75, 3.05) is 0 Å². The maximum atomic E-state index is 4.15. The van der Waals surface area contributed by atoms with Gasteiger partial charge in [0, 0.05) is 18.2 Å². The Morgan fingerprint density at radius 1 is 1.31 bits per heavy atom. The van der Waals surface area contributed by atoms with Gasteiger partial charge in [0.1, 0.15) is 10.0 Å². The van der Waals surface area contributed by atoms with Crippen LogP contribution in [0.3, 0.4) is 0 Å². The van der Waals surface area contributed by atoms with Crippen LogP contribution < -0.4 is 5.32 Å². The Bertz CT molecular complexity index is 465. The maximum Gasteiger partial charge on any atom is 0.149 e. The maximum absolute atomic E-state index is 4.15. The second-order valence-electron chi connectivity index (χ2n) is 3.79.